The van der Waals surface area contributed by atoms with E-state index in [1.54, 1.807) is 7.05 Å². The number of pyridine rings is 1. The highest BCUT2D eigenvalue weighted by Crippen LogP contribution is 2.24. The van der Waals surface area contributed by atoms with Gasteiger partial charge in [0.1, 0.15) is 0 Å². The fraction of sp³-hybridized carbons (Fsp3) is 0.556. The molecule has 0 aliphatic carbocycles. The first-order valence-electron chi connectivity index (χ1n) is 8.90. The van der Waals surface area contributed by atoms with Gasteiger partial charge in [-0.15, -0.1) is 34.2 Å². The molecule has 0 unspecified atom stereocenters. The van der Waals surface area contributed by atoms with Gasteiger partial charge in [-0.1, -0.05) is 6.07 Å². The molecule has 0 aromatic carbocycles. The zero-order chi connectivity index (χ0) is 18.9. The summed E-state index contributed by atoms with van der Waals surface area (Å²) < 4.78 is 1.94. The number of hydrogen-bond donors (Lipinski definition) is 1. The molecule has 1 fully saturated rings. The Bertz CT molecular complexity index is 830. The maximum atomic E-state index is 12.7. The molecule has 0 spiro atoms. The van der Waals surface area contributed by atoms with Crippen molar-refractivity contribution in [2.24, 2.45) is 4.99 Å². The van der Waals surface area contributed by atoms with Crippen LogP contribution < -0.4 is 5.32 Å². The predicted molar refractivity (Wildman–Crippen MR) is 116 cm³/mol. The van der Waals surface area contributed by atoms with Crippen LogP contribution in [-0.4, -0.2) is 68.0 Å². The number of nitrogens with zero attached hydrogens (tertiary/aromatic N) is 6. The summed E-state index contributed by atoms with van der Waals surface area (Å²) in [4.78, 5) is 21.0. The van der Waals surface area contributed by atoms with E-state index in [9.17, 15) is 4.79 Å². The Morgan fingerprint density at radius 2 is 2.07 bits per heavy atom. The number of aliphatic imine (C=N–C) groups is 1. The largest absolute Gasteiger partial charge is 0.349 e. The van der Waals surface area contributed by atoms with Gasteiger partial charge in [0, 0.05) is 25.8 Å². The minimum Gasteiger partial charge on any atom is -0.349 e. The Morgan fingerprint density at radius 3 is 2.70 bits per heavy atom. The van der Waals surface area contributed by atoms with Crippen LogP contribution in [0.2, 0.25) is 0 Å². The molecule has 148 valence electrons. The minimum atomic E-state index is -0.261. The third-order valence-electron chi connectivity index (χ3n) is 4.64. The third-order valence-corrected chi connectivity index (χ3v) is 4.64. The van der Waals surface area contributed by atoms with E-state index in [0.29, 0.717) is 19.0 Å². The summed E-state index contributed by atoms with van der Waals surface area (Å²) in [6.07, 6.45) is 1.93. The SMILES string of the molecule is CN=C(NCc1nnc2ccccn12)N1CC(=O)N(C(C)C)C(C)(C)C1.I. The third kappa shape index (κ3) is 4.33. The number of hydrogen-bond acceptors (Lipinski definition) is 4. The summed E-state index contributed by atoms with van der Waals surface area (Å²) in [5.74, 6) is 1.61. The van der Waals surface area contributed by atoms with Crippen molar-refractivity contribution in [3.63, 3.8) is 0 Å². The van der Waals surface area contributed by atoms with E-state index in [1.807, 2.05) is 38.6 Å². The molecule has 3 rings (SSSR count). The molecule has 2 aromatic rings. The molecule has 0 atom stereocenters. The Kier molecular flexibility index (Phi) is 6.66. The van der Waals surface area contributed by atoms with Crippen molar-refractivity contribution in [1.29, 1.82) is 0 Å². The highest BCUT2D eigenvalue weighted by molar-refractivity contribution is 14.0. The topological polar surface area (TPSA) is 78.1 Å². The standard InChI is InChI=1S/C18H27N7O.HI/c1-13(2)25-16(26)11-23(12-18(25,3)4)17(19-5)20-10-15-22-21-14-8-6-7-9-24(14)15;/h6-9,13H,10-12H2,1-5H3,(H,19,20);1H. The van der Waals surface area contributed by atoms with Crippen molar-refractivity contribution in [1.82, 2.24) is 29.7 Å². The highest BCUT2D eigenvalue weighted by atomic mass is 127. The number of halogens is 1. The number of carbonyl (C=O) groups excluding carboxylic acids is 1. The summed E-state index contributed by atoms with van der Waals surface area (Å²) in [5, 5.41) is 11.7. The quantitative estimate of drug-likeness (QED) is 0.408. The number of rotatable bonds is 3. The van der Waals surface area contributed by atoms with Gasteiger partial charge in [0.05, 0.1) is 18.6 Å². The number of carbonyl (C=O) groups is 1. The summed E-state index contributed by atoms with van der Waals surface area (Å²) in [6, 6.07) is 5.97. The van der Waals surface area contributed by atoms with Gasteiger partial charge in [-0.2, -0.15) is 0 Å². The van der Waals surface area contributed by atoms with E-state index in [0.717, 1.165) is 18.0 Å². The van der Waals surface area contributed by atoms with Gasteiger partial charge in [0.2, 0.25) is 5.91 Å². The lowest BCUT2D eigenvalue weighted by Gasteiger charge is -2.49. The zero-order valence-electron chi connectivity index (χ0n) is 16.5. The average molecular weight is 485 g/mol. The molecule has 1 saturated heterocycles. The number of amides is 1. The fourth-order valence-corrected chi connectivity index (χ4v) is 3.81. The van der Waals surface area contributed by atoms with E-state index >= 15 is 0 Å². The monoisotopic (exact) mass is 485 g/mol. The fourth-order valence-electron chi connectivity index (χ4n) is 3.81. The van der Waals surface area contributed by atoms with Crippen molar-refractivity contribution in [3.05, 3.63) is 30.2 Å². The lowest BCUT2D eigenvalue weighted by molar-refractivity contribution is -0.145. The first kappa shape index (κ1) is 21.4. The molecule has 27 heavy (non-hydrogen) atoms. The van der Waals surface area contributed by atoms with Crippen molar-refractivity contribution in [2.75, 3.05) is 20.1 Å². The van der Waals surface area contributed by atoms with E-state index in [1.165, 1.54) is 0 Å². The van der Waals surface area contributed by atoms with E-state index in [4.69, 9.17) is 0 Å². The zero-order valence-corrected chi connectivity index (χ0v) is 18.8. The Labute approximate surface area is 177 Å². The smallest absolute Gasteiger partial charge is 0.242 e. The second-order valence-corrected chi connectivity index (χ2v) is 7.47. The molecular weight excluding hydrogens is 457 g/mol. The number of piperazine rings is 1. The Balaban J connectivity index is 0.00000261. The van der Waals surface area contributed by atoms with Crippen molar-refractivity contribution >= 4 is 41.5 Å². The van der Waals surface area contributed by atoms with Crippen LogP contribution in [0.3, 0.4) is 0 Å². The second-order valence-electron chi connectivity index (χ2n) is 7.47. The van der Waals surface area contributed by atoms with E-state index in [2.05, 4.69) is 48.2 Å². The lowest BCUT2D eigenvalue weighted by atomic mass is 9.96. The molecule has 1 aliphatic rings. The van der Waals surface area contributed by atoms with Crippen LogP contribution in [0.4, 0.5) is 0 Å². The maximum Gasteiger partial charge on any atom is 0.242 e. The maximum absolute atomic E-state index is 12.7. The van der Waals surface area contributed by atoms with E-state index < -0.39 is 0 Å². The molecule has 2 aromatic heterocycles. The summed E-state index contributed by atoms with van der Waals surface area (Å²) in [5.41, 5.74) is 0.545. The molecular formula is C18H28IN7O. The van der Waals surface area contributed by atoms with Crippen LogP contribution in [0.25, 0.3) is 5.65 Å². The van der Waals surface area contributed by atoms with Gasteiger partial charge in [-0.05, 0) is 39.8 Å². The van der Waals surface area contributed by atoms with Gasteiger partial charge in [0.15, 0.2) is 17.4 Å². The summed E-state index contributed by atoms with van der Waals surface area (Å²) in [6.45, 7) is 9.82. The molecule has 1 N–H and O–H groups in total. The highest BCUT2D eigenvalue weighted by Gasteiger charge is 2.40. The van der Waals surface area contributed by atoms with Crippen molar-refractivity contribution in [3.8, 4) is 0 Å². The number of nitrogens with one attached hydrogen (secondary N) is 1. The molecule has 1 amide bonds. The van der Waals surface area contributed by atoms with Crippen LogP contribution in [0.1, 0.15) is 33.5 Å². The number of fused-ring (bicyclic) bond motifs is 1. The van der Waals surface area contributed by atoms with Crippen LogP contribution >= 0.6 is 24.0 Å². The van der Waals surface area contributed by atoms with E-state index in [-0.39, 0.29) is 41.5 Å². The molecule has 0 radical (unpaired) electrons. The second kappa shape index (κ2) is 8.41. The summed E-state index contributed by atoms with van der Waals surface area (Å²) in [7, 11) is 1.73. The summed E-state index contributed by atoms with van der Waals surface area (Å²) >= 11 is 0. The molecule has 3 heterocycles. The van der Waals surface area contributed by atoms with Gasteiger partial charge in [-0.25, -0.2) is 0 Å². The molecule has 1 aliphatic heterocycles. The normalized spacial score (nSPS) is 17.4. The van der Waals surface area contributed by atoms with Gasteiger partial charge in [0.25, 0.3) is 0 Å². The van der Waals surface area contributed by atoms with Crippen molar-refractivity contribution < 1.29 is 4.79 Å². The first-order valence-corrected chi connectivity index (χ1v) is 8.90. The van der Waals surface area contributed by atoms with Crippen LogP contribution in [-0.2, 0) is 11.3 Å². The molecule has 0 saturated carbocycles. The molecule has 9 heteroatoms. The predicted octanol–water partition coefficient (Wildman–Crippen LogP) is 1.75. The van der Waals surface area contributed by atoms with Gasteiger partial charge in [-0.3, -0.25) is 14.2 Å². The number of aromatic nitrogens is 3. The minimum absolute atomic E-state index is 0. The van der Waals surface area contributed by atoms with Gasteiger partial charge >= 0.3 is 0 Å². The van der Waals surface area contributed by atoms with Crippen LogP contribution in [0.5, 0.6) is 0 Å². The lowest BCUT2D eigenvalue weighted by Crippen LogP contribution is -2.66. The van der Waals surface area contributed by atoms with Crippen LogP contribution in [0.15, 0.2) is 29.4 Å². The van der Waals surface area contributed by atoms with Crippen LogP contribution in [0, 0.1) is 0 Å². The number of guanidine groups is 1. The first-order chi connectivity index (χ1) is 12.3. The average Bonchev–Trinajstić information content (AvgIpc) is 2.97. The molecule has 8 nitrogen and oxygen atoms in total. The van der Waals surface area contributed by atoms with Gasteiger partial charge < -0.3 is 15.1 Å². The van der Waals surface area contributed by atoms with Crippen molar-refractivity contribution in [2.45, 2.75) is 45.8 Å². The Morgan fingerprint density at radius 1 is 1.33 bits per heavy atom. The Hall–Kier alpha value is -1.91. The molecule has 0 bridgehead atoms.